The predicted octanol–water partition coefficient (Wildman–Crippen LogP) is 1.61. The molecular formula is C11H17ClF2N2O. The summed E-state index contributed by atoms with van der Waals surface area (Å²) in [5, 5.41) is 2.53. The molecule has 1 rings (SSSR count). The van der Waals surface area contributed by atoms with Gasteiger partial charge in [-0.05, 0) is 0 Å². The molecule has 1 fully saturated rings. The van der Waals surface area contributed by atoms with Crippen molar-refractivity contribution in [3.63, 3.8) is 0 Å². The first-order chi connectivity index (χ1) is 7.50. The van der Waals surface area contributed by atoms with Crippen molar-refractivity contribution in [2.75, 3.05) is 19.6 Å². The summed E-state index contributed by atoms with van der Waals surface area (Å²) in [6, 6.07) is -0.796. The number of hydrogen-bond acceptors (Lipinski definition) is 2. The van der Waals surface area contributed by atoms with Crippen molar-refractivity contribution < 1.29 is 13.6 Å². The Morgan fingerprint density at radius 3 is 2.29 bits per heavy atom. The Morgan fingerprint density at radius 1 is 1.41 bits per heavy atom. The Morgan fingerprint density at radius 2 is 1.94 bits per heavy atom. The molecule has 1 heterocycles. The number of alkyl halides is 2. The van der Waals surface area contributed by atoms with Crippen LogP contribution >= 0.6 is 12.4 Å². The molecule has 1 unspecified atom stereocenters. The van der Waals surface area contributed by atoms with Gasteiger partial charge in [-0.3, -0.25) is 10.1 Å². The Balaban J connectivity index is 0.00000256. The first-order valence-electron chi connectivity index (χ1n) is 5.12. The van der Waals surface area contributed by atoms with Crippen LogP contribution in [0.4, 0.5) is 8.78 Å². The first-order valence-corrected chi connectivity index (χ1v) is 5.12. The van der Waals surface area contributed by atoms with Crippen LogP contribution in [0.3, 0.4) is 0 Å². The number of amides is 1. The Labute approximate surface area is 106 Å². The third kappa shape index (κ3) is 4.44. The van der Waals surface area contributed by atoms with E-state index in [9.17, 15) is 13.6 Å². The summed E-state index contributed by atoms with van der Waals surface area (Å²) in [6.07, 6.45) is 2.69. The normalized spacial score (nSPS) is 21.4. The van der Waals surface area contributed by atoms with Gasteiger partial charge in [-0.25, -0.2) is 8.78 Å². The molecule has 0 spiro atoms. The minimum absolute atomic E-state index is 0. The molecule has 0 bridgehead atoms. The van der Waals surface area contributed by atoms with E-state index in [2.05, 4.69) is 18.5 Å². The summed E-state index contributed by atoms with van der Waals surface area (Å²) in [5.41, 5.74) is 0. The summed E-state index contributed by atoms with van der Waals surface area (Å²) in [6.45, 7) is 7.30. The Hall–Kier alpha value is -0.940. The van der Waals surface area contributed by atoms with E-state index in [1.807, 2.05) is 0 Å². The van der Waals surface area contributed by atoms with Gasteiger partial charge in [-0.1, -0.05) is 12.2 Å². The zero-order valence-corrected chi connectivity index (χ0v) is 10.3. The quantitative estimate of drug-likeness (QED) is 0.767. The summed E-state index contributed by atoms with van der Waals surface area (Å²) in [4.78, 5) is 13.3. The molecule has 1 aliphatic heterocycles. The van der Waals surface area contributed by atoms with Crippen molar-refractivity contribution in [1.29, 1.82) is 0 Å². The van der Waals surface area contributed by atoms with Gasteiger partial charge in [0.05, 0.1) is 12.6 Å². The SMILES string of the molecule is C=CCN(CC=C)C(=O)C1CC(F)(F)CN1.Cl. The third-order valence-electron chi connectivity index (χ3n) is 2.42. The molecule has 6 heteroatoms. The summed E-state index contributed by atoms with van der Waals surface area (Å²) < 4.78 is 25.8. The second kappa shape index (κ2) is 6.71. The minimum atomic E-state index is -2.78. The molecule has 1 saturated heterocycles. The van der Waals surface area contributed by atoms with Crippen LogP contribution in [0, 0.1) is 0 Å². The van der Waals surface area contributed by atoms with Gasteiger partial charge >= 0.3 is 0 Å². The van der Waals surface area contributed by atoms with Crippen molar-refractivity contribution in [3.05, 3.63) is 25.3 Å². The van der Waals surface area contributed by atoms with E-state index in [1.165, 1.54) is 4.90 Å². The number of halogens is 3. The fourth-order valence-electron chi connectivity index (χ4n) is 1.68. The lowest BCUT2D eigenvalue weighted by Gasteiger charge is -2.22. The first kappa shape index (κ1) is 16.1. The minimum Gasteiger partial charge on any atom is -0.334 e. The highest BCUT2D eigenvalue weighted by Crippen LogP contribution is 2.25. The van der Waals surface area contributed by atoms with Gasteiger partial charge < -0.3 is 4.90 Å². The second-order valence-corrected chi connectivity index (χ2v) is 3.81. The van der Waals surface area contributed by atoms with Crippen LogP contribution in [0.5, 0.6) is 0 Å². The van der Waals surface area contributed by atoms with Crippen molar-refractivity contribution in [2.24, 2.45) is 0 Å². The van der Waals surface area contributed by atoms with Gasteiger partial charge in [0.15, 0.2) is 0 Å². The van der Waals surface area contributed by atoms with Crippen LogP contribution in [-0.4, -0.2) is 42.4 Å². The standard InChI is InChI=1S/C11H16F2N2O.ClH/c1-3-5-15(6-4-2)10(16)9-7-11(12,13)8-14-9;/h3-4,9,14H,1-2,5-8H2;1H. The van der Waals surface area contributed by atoms with Crippen LogP contribution < -0.4 is 5.32 Å². The highest BCUT2D eigenvalue weighted by molar-refractivity contribution is 5.85. The molecular weight excluding hydrogens is 250 g/mol. The van der Waals surface area contributed by atoms with Crippen molar-refractivity contribution in [2.45, 2.75) is 18.4 Å². The maximum atomic E-state index is 12.9. The molecule has 1 aliphatic rings. The number of rotatable bonds is 5. The number of nitrogens with zero attached hydrogens (tertiary/aromatic N) is 1. The summed E-state index contributed by atoms with van der Waals surface area (Å²) >= 11 is 0. The Bertz CT molecular complexity index is 287. The molecule has 0 radical (unpaired) electrons. The average Bonchev–Trinajstić information content (AvgIpc) is 2.57. The second-order valence-electron chi connectivity index (χ2n) is 3.81. The lowest BCUT2D eigenvalue weighted by atomic mass is 10.1. The molecule has 3 nitrogen and oxygen atoms in total. The molecule has 0 aromatic heterocycles. The zero-order valence-electron chi connectivity index (χ0n) is 9.49. The van der Waals surface area contributed by atoms with Crippen LogP contribution in [0.25, 0.3) is 0 Å². The molecule has 1 N–H and O–H groups in total. The third-order valence-corrected chi connectivity index (χ3v) is 2.42. The lowest BCUT2D eigenvalue weighted by molar-refractivity contribution is -0.132. The van der Waals surface area contributed by atoms with Gasteiger partial charge in [0.25, 0.3) is 5.92 Å². The molecule has 0 aliphatic carbocycles. The van der Waals surface area contributed by atoms with Crippen LogP contribution in [-0.2, 0) is 4.79 Å². The fraction of sp³-hybridized carbons (Fsp3) is 0.545. The van der Waals surface area contributed by atoms with Gasteiger partial charge in [-0.15, -0.1) is 25.6 Å². The molecule has 0 saturated carbocycles. The highest BCUT2D eigenvalue weighted by Gasteiger charge is 2.43. The molecule has 0 aromatic carbocycles. The van der Waals surface area contributed by atoms with E-state index >= 15 is 0 Å². The average molecular weight is 267 g/mol. The maximum absolute atomic E-state index is 12.9. The van der Waals surface area contributed by atoms with Gasteiger partial charge in [0.2, 0.25) is 5.91 Å². The van der Waals surface area contributed by atoms with E-state index in [-0.39, 0.29) is 18.3 Å². The van der Waals surface area contributed by atoms with E-state index in [4.69, 9.17) is 0 Å². The van der Waals surface area contributed by atoms with Crippen molar-refractivity contribution >= 4 is 18.3 Å². The van der Waals surface area contributed by atoms with Crippen LogP contribution in [0.2, 0.25) is 0 Å². The predicted molar refractivity (Wildman–Crippen MR) is 65.6 cm³/mol. The van der Waals surface area contributed by atoms with Crippen LogP contribution in [0.15, 0.2) is 25.3 Å². The van der Waals surface area contributed by atoms with E-state index in [0.29, 0.717) is 13.1 Å². The fourth-order valence-corrected chi connectivity index (χ4v) is 1.68. The summed E-state index contributed by atoms with van der Waals surface area (Å²) in [7, 11) is 0. The topological polar surface area (TPSA) is 32.3 Å². The van der Waals surface area contributed by atoms with Crippen molar-refractivity contribution in [3.8, 4) is 0 Å². The van der Waals surface area contributed by atoms with Gasteiger partial charge in [0.1, 0.15) is 0 Å². The molecule has 98 valence electrons. The molecule has 1 amide bonds. The largest absolute Gasteiger partial charge is 0.334 e. The number of hydrogen-bond donors (Lipinski definition) is 1. The lowest BCUT2D eigenvalue weighted by Crippen LogP contribution is -2.43. The van der Waals surface area contributed by atoms with Crippen LogP contribution in [0.1, 0.15) is 6.42 Å². The van der Waals surface area contributed by atoms with E-state index in [0.717, 1.165) is 0 Å². The number of carbonyl (C=O) groups excluding carboxylic acids is 1. The van der Waals surface area contributed by atoms with Gasteiger partial charge in [0, 0.05) is 19.5 Å². The molecule has 17 heavy (non-hydrogen) atoms. The highest BCUT2D eigenvalue weighted by atomic mass is 35.5. The van der Waals surface area contributed by atoms with E-state index < -0.39 is 24.9 Å². The smallest absolute Gasteiger partial charge is 0.262 e. The molecule has 0 aromatic rings. The maximum Gasteiger partial charge on any atom is 0.262 e. The van der Waals surface area contributed by atoms with E-state index in [1.54, 1.807) is 12.2 Å². The number of carbonyl (C=O) groups is 1. The van der Waals surface area contributed by atoms with Gasteiger partial charge in [-0.2, -0.15) is 0 Å². The zero-order chi connectivity index (χ0) is 12.2. The van der Waals surface area contributed by atoms with Crippen molar-refractivity contribution in [1.82, 2.24) is 10.2 Å². The Kier molecular flexibility index (Phi) is 6.34. The monoisotopic (exact) mass is 266 g/mol. The molecule has 1 atom stereocenters. The summed E-state index contributed by atoms with van der Waals surface area (Å²) in [5.74, 6) is -3.11. The number of nitrogens with one attached hydrogen (secondary N) is 1.